The Kier molecular flexibility index (Phi) is 3.65. The molecule has 28 heavy (non-hydrogen) atoms. The van der Waals surface area contributed by atoms with Gasteiger partial charge in [0.1, 0.15) is 16.9 Å². The van der Waals surface area contributed by atoms with Crippen LogP contribution in [0.5, 0.6) is 0 Å². The predicted molar refractivity (Wildman–Crippen MR) is 107 cm³/mol. The summed E-state index contributed by atoms with van der Waals surface area (Å²) >= 11 is 0. The average molecular weight is 375 g/mol. The number of carbonyl (C=O) groups is 2. The molecule has 4 heterocycles. The highest BCUT2D eigenvalue weighted by atomic mass is 16.2. The minimum Gasteiger partial charge on any atom is -0.369 e. The first-order chi connectivity index (χ1) is 13.6. The molecule has 0 atom stereocenters. The molecule has 0 aliphatic carbocycles. The van der Waals surface area contributed by atoms with Crippen molar-refractivity contribution in [3.8, 4) is 0 Å². The number of likely N-dealkylation sites (tertiary alicyclic amines) is 1. The van der Waals surface area contributed by atoms with Crippen molar-refractivity contribution in [2.75, 3.05) is 23.7 Å². The van der Waals surface area contributed by atoms with E-state index in [0.29, 0.717) is 31.6 Å². The van der Waals surface area contributed by atoms with Crippen LogP contribution in [-0.4, -0.2) is 44.9 Å². The Bertz CT molecular complexity index is 1100. The van der Waals surface area contributed by atoms with Crippen molar-refractivity contribution in [1.82, 2.24) is 14.5 Å². The van der Waals surface area contributed by atoms with Gasteiger partial charge in [0.15, 0.2) is 0 Å². The third-order valence-corrected chi connectivity index (χ3v) is 5.82. The molecule has 2 aromatic heterocycles. The number of amides is 2. The SMILES string of the molecule is Cn1ccc2ccc(C(=O)N3CCC4(CC3)Nc3ccccc3NC4=O)nc21. The minimum atomic E-state index is -0.666. The Hall–Kier alpha value is -3.35. The lowest BCUT2D eigenvalue weighted by Crippen LogP contribution is -2.59. The van der Waals surface area contributed by atoms with Gasteiger partial charge in [0.25, 0.3) is 5.91 Å². The molecule has 3 aromatic rings. The molecule has 1 saturated heterocycles. The van der Waals surface area contributed by atoms with E-state index in [1.807, 2.05) is 54.2 Å². The highest BCUT2D eigenvalue weighted by Gasteiger charge is 2.45. The van der Waals surface area contributed by atoms with Gasteiger partial charge < -0.3 is 20.1 Å². The molecule has 0 radical (unpaired) electrons. The van der Waals surface area contributed by atoms with Crippen molar-refractivity contribution in [3.05, 3.63) is 54.4 Å². The quantitative estimate of drug-likeness (QED) is 0.685. The van der Waals surface area contributed by atoms with Crippen LogP contribution < -0.4 is 10.6 Å². The maximum absolute atomic E-state index is 13.0. The second kappa shape index (κ2) is 6.09. The first kappa shape index (κ1) is 16.8. The van der Waals surface area contributed by atoms with Crippen LogP contribution in [0.1, 0.15) is 23.3 Å². The van der Waals surface area contributed by atoms with E-state index < -0.39 is 5.54 Å². The summed E-state index contributed by atoms with van der Waals surface area (Å²) in [6.45, 7) is 1.02. The number of hydrogen-bond acceptors (Lipinski definition) is 4. The highest BCUT2D eigenvalue weighted by molar-refractivity contribution is 6.06. The lowest BCUT2D eigenvalue weighted by atomic mass is 9.84. The molecule has 5 rings (SSSR count). The molecule has 0 saturated carbocycles. The number of para-hydroxylation sites is 2. The molecule has 1 spiro atoms. The average Bonchev–Trinajstić information content (AvgIpc) is 3.09. The smallest absolute Gasteiger partial charge is 0.272 e. The summed E-state index contributed by atoms with van der Waals surface area (Å²) in [5, 5.41) is 7.43. The molecular weight excluding hydrogens is 354 g/mol. The minimum absolute atomic E-state index is 0.0262. The number of hydrogen-bond donors (Lipinski definition) is 2. The highest BCUT2D eigenvalue weighted by Crippen LogP contribution is 2.36. The molecule has 1 aromatic carbocycles. The van der Waals surface area contributed by atoms with E-state index in [1.165, 1.54) is 0 Å². The molecule has 7 nitrogen and oxygen atoms in total. The lowest BCUT2D eigenvalue weighted by molar-refractivity contribution is -0.122. The molecule has 7 heteroatoms. The largest absolute Gasteiger partial charge is 0.369 e. The summed E-state index contributed by atoms with van der Waals surface area (Å²) in [7, 11) is 1.92. The standard InChI is InChI=1S/C21H21N5O2/c1-25-11-8-14-6-7-17(22-18(14)25)19(27)26-12-9-21(10-13-26)20(28)23-15-4-2-3-5-16(15)24-21/h2-8,11,24H,9-10,12-13H2,1H3,(H,23,28). The molecular formula is C21H21N5O2. The van der Waals surface area contributed by atoms with Crippen LogP contribution in [0.3, 0.4) is 0 Å². The van der Waals surface area contributed by atoms with E-state index in [0.717, 1.165) is 22.4 Å². The molecule has 0 bridgehead atoms. The Morgan fingerprint density at radius 2 is 1.82 bits per heavy atom. The van der Waals surface area contributed by atoms with Crippen molar-refractivity contribution in [3.63, 3.8) is 0 Å². The fourth-order valence-corrected chi connectivity index (χ4v) is 4.12. The second-order valence-corrected chi connectivity index (χ2v) is 7.53. The molecule has 0 unspecified atom stereocenters. The van der Waals surface area contributed by atoms with Gasteiger partial charge in [0, 0.05) is 31.7 Å². The van der Waals surface area contributed by atoms with Crippen LogP contribution >= 0.6 is 0 Å². The molecule has 2 amide bonds. The number of piperidine rings is 1. The van der Waals surface area contributed by atoms with E-state index in [9.17, 15) is 9.59 Å². The van der Waals surface area contributed by atoms with Crippen LogP contribution in [0.2, 0.25) is 0 Å². The van der Waals surface area contributed by atoms with Crippen molar-refractivity contribution < 1.29 is 9.59 Å². The summed E-state index contributed by atoms with van der Waals surface area (Å²) in [5.74, 6) is -0.115. The van der Waals surface area contributed by atoms with E-state index in [1.54, 1.807) is 11.0 Å². The van der Waals surface area contributed by atoms with Crippen LogP contribution in [0, 0.1) is 0 Å². The number of aromatic nitrogens is 2. The van der Waals surface area contributed by atoms with Gasteiger partial charge in [-0.3, -0.25) is 9.59 Å². The zero-order chi connectivity index (χ0) is 19.3. The van der Waals surface area contributed by atoms with Crippen LogP contribution in [-0.2, 0) is 11.8 Å². The maximum Gasteiger partial charge on any atom is 0.272 e. The molecule has 2 aliphatic rings. The number of carbonyl (C=O) groups excluding carboxylic acids is 2. The molecule has 2 aliphatic heterocycles. The van der Waals surface area contributed by atoms with Gasteiger partial charge in [0.2, 0.25) is 5.91 Å². The van der Waals surface area contributed by atoms with Gasteiger partial charge in [-0.25, -0.2) is 4.98 Å². The number of nitrogens with one attached hydrogen (secondary N) is 2. The number of fused-ring (bicyclic) bond motifs is 2. The fraction of sp³-hybridized carbons (Fsp3) is 0.286. The van der Waals surface area contributed by atoms with Crippen LogP contribution in [0.4, 0.5) is 11.4 Å². The summed E-state index contributed by atoms with van der Waals surface area (Å²) < 4.78 is 1.91. The van der Waals surface area contributed by atoms with Gasteiger partial charge >= 0.3 is 0 Å². The Morgan fingerprint density at radius 1 is 1.07 bits per heavy atom. The third kappa shape index (κ3) is 2.54. The molecule has 1 fully saturated rings. The summed E-state index contributed by atoms with van der Waals surface area (Å²) in [5.41, 5.74) is 2.30. The lowest BCUT2D eigenvalue weighted by Gasteiger charge is -2.44. The van der Waals surface area contributed by atoms with E-state index in [2.05, 4.69) is 15.6 Å². The van der Waals surface area contributed by atoms with Gasteiger partial charge in [-0.15, -0.1) is 0 Å². The third-order valence-electron chi connectivity index (χ3n) is 5.82. The summed E-state index contributed by atoms with van der Waals surface area (Å²) in [6, 6.07) is 13.4. The Morgan fingerprint density at radius 3 is 2.61 bits per heavy atom. The van der Waals surface area contributed by atoms with Crippen molar-refractivity contribution >= 4 is 34.2 Å². The number of pyridine rings is 1. The number of aryl methyl sites for hydroxylation is 1. The van der Waals surface area contributed by atoms with Crippen LogP contribution in [0.25, 0.3) is 11.0 Å². The number of nitrogens with zero attached hydrogens (tertiary/aromatic N) is 3. The number of rotatable bonds is 1. The zero-order valence-electron chi connectivity index (χ0n) is 15.6. The normalized spacial score (nSPS) is 17.9. The van der Waals surface area contributed by atoms with Crippen molar-refractivity contribution in [2.45, 2.75) is 18.4 Å². The molecule has 142 valence electrons. The Balaban J connectivity index is 1.34. The van der Waals surface area contributed by atoms with Gasteiger partial charge in [0.05, 0.1) is 11.4 Å². The Labute approximate surface area is 162 Å². The topological polar surface area (TPSA) is 79.3 Å². The van der Waals surface area contributed by atoms with Gasteiger partial charge in [-0.2, -0.15) is 0 Å². The first-order valence-electron chi connectivity index (χ1n) is 9.46. The van der Waals surface area contributed by atoms with E-state index >= 15 is 0 Å². The fourth-order valence-electron chi connectivity index (χ4n) is 4.12. The number of benzene rings is 1. The first-order valence-corrected chi connectivity index (χ1v) is 9.46. The van der Waals surface area contributed by atoms with Crippen LogP contribution in [0.15, 0.2) is 48.7 Å². The van der Waals surface area contributed by atoms with E-state index in [4.69, 9.17) is 0 Å². The van der Waals surface area contributed by atoms with Gasteiger partial charge in [-0.05, 0) is 43.2 Å². The predicted octanol–water partition coefficient (Wildman–Crippen LogP) is 2.61. The van der Waals surface area contributed by atoms with Gasteiger partial charge in [-0.1, -0.05) is 12.1 Å². The van der Waals surface area contributed by atoms with Crippen molar-refractivity contribution in [1.29, 1.82) is 0 Å². The monoisotopic (exact) mass is 375 g/mol. The summed E-state index contributed by atoms with van der Waals surface area (Å²) in [4.78, 5) is 32.0. The number of anilines is 2. The zero-order valence-corrected chi connectivity index (χ0v) is 15.6. The second-order valence-electron chi connectivity index (χ2n) is 7.53. The maximum atomic E-state index is 13.0. The van der Waals surface area contributed by atoms with Crippen molar-refractivity contribution in [2.24, 2.45) is 7.05 Å². The molecule has 2 N–H and O–H groups in total. The van der Waals surface area contributed by atoms with E-state index in [-0.39, 0.29) is 11.8 Å². The summed E-state index contributed by atoms with van der Waals surface area (Å²) in [6.07, 6.45) is 3.05.